The second kappa shape index (κ2) is 8.91. The fourth-order valence-electron chi connectivity index (χ4n) is 3.43. The van der Waals surface area contributed by atoms with Crippen LogP contribution in [0, 0.1) is 0 Å². The lowest BCUT2D eigenvalue weighted by Gasteiger charge is -2.17. The number of rotatable bonds is 9. The van der Waals surface area contributed by atoms with E-state index in [0.717, 1.165) is 41.5 Å². The molecule has 2 aromatic rings. The van der Waals surface area contributed by atoms with Gasteiger partial charge in [-0.1, -0.05) is 31.5 Å². The molecule has 0 spiro atoms. The summed E-state index contributed by atoms with van der Waals surface area (Å²) in [6.45, 7) is 4.15. The second-order valence-electron chi connectivity index (χ2n) is 6.95. The quantitative estimate of drug-likeness (QED) is 0.679. The number of aryl methyl sites for hydroxylation is 1. The van der Waals surface area contributed by atoms with Crippen LogP contribution in [-0.2, 0) is 11.2 Å². The average Bonchev–Trinajstić information content (AvgIpc) is 3.07. The van der Waals surface area contributed by atoms with Gasteiger partial charge < -0.3 is 14.6 Å². The zero-order chi connectivity index (χ0) is 20.1. The number of benzene rings is 2. The van der Waals surface area contributed by atoms with Crippen LogP contribution < -0.4 is 9.47 Å². The zero-order valence-electron chi connectivity index (χ0n) is 16.4. The Hall–Kier alpha value is -2.82. The van der Waals surface area contributed by atoms with Gasteiger partial charge in [-0.3, -0.25) is 9.59 Å². The SMILES string of the molecule is CCCCC(=O)COc1c(-c2ccc3c(c2)CCC3=O)ccc(O)c1OCC. The number of phenolic OH excluding ortho intramolecular Hbond substituents is 1. The Balaban J connectivity index is 1.97. The Morgan fingerprint density at radius 2 is 1.82 bits per heavy atom. The van der Waals surface area contributed by atoms with Crippen molar-refractivity contribution >= 4 is 11.6 Å². The van der Waals surface area contributed by atoms with Crippen molar-refractivity contribution in [1.82, 2.24) is 0 Å². The molecule has 0 aromatic heterocycles. The Bertz CT molecular complexity index is 885. The number of aromatic hydroxyl groups is 1. The van der Waals surface area contributed by atoms with Gasteiger partial charge in [-0.25, -0.2) is 0 Å². The Morgan fingerprint density at radius 3 is 2.57 bits per heavy atom. The van der Waals surface area contributed by atoms with Gasteiger partial charge in [0.05, 0.1) is 6.61 Å². The lowest BCUT2D eigenvalue weighted by Crippen LogP contribution is -2.12. The van der Waals surface area contributed by atoms with E-state index in [4.69, 9.17) is 9.47 Å². The molecule has 0 heterocycles. The molecule has 148 valence electrons. The predicted molar refractivity (Wildman–Crippen MR) is 107 cm³/mol. The first-order valence-electron chi connectivity index (χ1n) is 9.84. The molecule has 1 aliphatic rings. The topological polar surface area (TPSA) is 72.8 Å². The molecule has 0 aliphatic heterocycles. The largest absolute Gasteiger partial charge is 0.504 e. The minimum absolute atomic E-state index is 0.0122. The smallest absolute Gasteiger partial charge is 0.203 e. The summed E-state index contributed by atoms with van der Waals surface area (Å²) in [5.41, 5.74) is 3.38. The van der Waals surface area contributed by atoms with E-state index in [1.165, 1.54) is 0 Å². The van der Waals surface area contributed by atoms with Crippen molar-refractivity contribution in [2.45, 2.75) is 46.0 Å². The average molecular weight is 382 g/mol. The molecule has 1 aliphatic carbocycles. The van der Waals surface area contributed by atoms with Crippen molar-refractivity contribution in [2.24, 2.45) is 0 Å². The van der Waals surface area contributed by atoms with Crippen LogP contribution in [0.2, 0.25) is 0 Å². The van der Waals surface area contributed by atoms with Gasteiger partial charge in [-0.15, -0.1) is 0 Å². The summed E-state index contributed by atoms with van der Waals surface area (Å²) in [4.78, 5) is 24.0. The molecule has 28 heavy (non-hydrogen) atoms. The summed E-state index contributed by atoms with van der Waals surface area (Å²) >= 11 is 0. The lowest BCUT2D eigenvalue weighted by atomic mass is 9.99. The van der Waals surface area contributed by atoms with Crippen molar-refractivity contribution < 1.29 is 24.2 Å². The molecular weight excluding hydrogens is 356 g/mol. The van der Waals surface area contributed by atoms with Gasteiger partial charge in [0.1, 0.15) is 6.61 Å². The first-order valence-corrected chi connectivity index (χ1v) is 9.84. The minimum atomic E-state index is -0.0695. The molecule has 0 radical (unpaired) electrons. The van der Waals surface area contributed by atoms with Crippen molar-refractivity contribution in [3.63, 3.8) is 0 Å². The maximum absolute atomic E-state index is 12.1. The van der Waals surface area contributed by atoms with Crippen molar-refractivity contribution in [1.29, 1.82) is 0 Å². The van der Waals surface area contributed by atoms with Crippen LogP contribution in [0.4, 0.5) is 0 Å². The van der Waals surface area contributed by atoms with Crippen LogP contribution in [0.1, 0.15) is 55.5 Å². The number of carbonyl (C=O) groups is 2. The first-order chi connectivity index (χ1) is 13.5. The molecule has 0 saturated heterocycles. The molecule has 3 rings (SSSR count). The molecule has 0 unspecified atom stereocenters. The number of ether oxygens (including phenoxy) is 2. The maximum Gasteiger partial charge on any atom is 0.203 e. The van der Waals surface area contributed by atoms with Gasteiger partial charge in [-0.2, -0.15) is 0 Å². The molecule has 0 bridgehead atoms. The highest BCUT2D eigenvalue weighted by molar-refractivity contribution is 6.01. The summed E-state index contributed by atoms with van der Waals surface area (Å²) < 4.78 is 11.5. The highest BCUT2D eigenvalue weighted by Gasteiger charge is 2.22. The number of fused-ring (bicyclic) bond motifs is 1. The van der Waals surface area contributed by atoms with Crippen molar-refractivity contribution in [3.8, 4) is 28.4 Å². The molecular formula is C23H26O5. The molecule has 0 amide bonds. The van der Waals surface area contributed by atoms with Crippen LogP contribution in [0.25, 0.3) is 11.1 Å². The lowest BCUT2D eigenvalue weighted by molar-refractivity contribution is -0.121. The van der Waals surface area contributed by atoms with Gasteiger partial charge in [0.2, 0.25) is 5.75 Å². The van der Waals surface area contributed by atoms with E-state index in [1.807, 2.05) is 32.0 Å². The normalized spacial score (nSPS) is 12.7. The van der Waals surface area contributed by atoms with E-state index in [1.54, 1.807) is 12.1 Å². The fourth-order valence-corrected chi connectivity index (χ4v) is 3.43. The monoisotopic (exact) mass is 382 g/mol. The molecule has 2 aromatic carbocycles. The van der Waals surface area contributed by atoms with Gasteiger partial charge in [0.25, 0.3) is 0 Å². The number of ketones is 2. The van der Waals surface area contributed by atoms with E-state index in [9.17, 15) is 14.7 Å². The van der Waals surface area contributed by atoms with Crippen LogP contribution in [0.5, 0.6) is 17.2 Å². The molecule has 0 fully saturated rings. The maximum atomic E-state index is 12.1. The summed E-state index contributed by atoms with van der Waals surface area (Å²) in [7, 11) is 0. The molecule has 0 saturated carbocycles. The third kappa shape index (κ3) is 4.19. The molecule has 5 nitrogen and oxygen atoms in total. The first kappa shape index (κ1) is 19.9. The van der Waals surface area contributed by atoms with E-state index in [2.05, 4.69) is 0 Å². The van der Waals surface area contributed by atoms with Gasteiger partial charge >= 0.3 is 0 Å². The van der Waals surface area contributed by atoms with Crippen LogP contribution in [0.3, 0.4) is 0 Å². The van der Waals surface area contributed by atoms with Crippen molar-refractivity contribution in [3.05, 3.63) is 41.5 Å². The Morgan fingerprint density at radius 1 is 1.04 bits per heavy atom. The number of carbonyl (C=O) groups excluding carboxylic acids is 2. The minimum Gasteiger partial charge on any atom is -0.504 e. The van der Waals surface area contributed by atoms with Crippen molar-refractivity contribution in [2.75, 3.05) is 13.2 Å². The van der Waals surface area contributed by atoms with Crippen LogP contribution in [0.15, 0.2) is 30.3 Å². The van der Waals surface area contributed by atoms with Crippen LogP contribution >= 0.6 is 0 Å². The summed E-state index contributed by atoms with van der Waals surface area (Å²) in [6.07, 6.45) is 3.50. The fraction of sp³-hybridized carbons (Fsp3) is 0.391. The highest BCUT2D eigenvalue weighted by Crippen LogP contribution is 2.45. The summed E-state index contributed by atoms with van der Waals surface area (Å²) in [6, 6.07) is 9.00. The third-order valence-corrected chi connectivity index (χ3v) is 4.90. The third-order valence-electron chi connectivity index (χ3n) is 4.90. The number of hydrogen-bond acceptors (Lipinski definition) is 5. The number of Topliss-reactive ketones (excluding diaryl/α,β-unsaturated/α-hetero) is 2. The van der Waals surface area contributed by atoms with Crippen LogP contribution in [-0.4, -0.2) is 29.9 Å². The van der Waals surface area contributed by atoms with E-state index >= 15 is 0 Å². The molecule has 5 heteroatoms. The Labute approximate surface area is 165 Å². The Kier molecular flexibility index (Phi) is 6.34. The molecule has 0 atom stereocenters. The number of phenols is 1. The highest BCUT2D eigenvalue weighted by atomic mass is 16.5. The summed E-state index contributed by atoms with van der Waals surface area (Å²) in [5, 5.41) is 10.3. The van der Waals surface area contributed by atoms with Gasteiger partial charge in [0, 0.05) is 24.0 Å². The number of hydrogen-bond donors (Lipinski definition) is 1. The van der Waals surface area contributed by atoms with E-state index in [-0.39, 0.29) is 29.7 Å². The van der Waals surface area contributed by atoms with E-state index in [0.29, 0.717) is 25.2 Å². The number of unbranched alkanes of at least 4 members (excludes halogenated alkanes) is 1. The van der Waals surface area contributed by atoms with Gasteiger partial charge in [-0.05, 0) is 43.0 Å². The predicted octanol–water partition coefficient (Wildman–Crippen LogP) is 4.72. The summed E-state index contributed by atoms with van der Waals surface area (Å²) in [5.74, 6) is 0.743. The van der Waals surface area contributed by atoms with E-state index < -0.39 is 0 Å². The standard InChI is InChI=1S/C23H26O5/c1-3-5-6-17(24)14-28-22-19(10-12-21(26)23(22)27-4-2)16-7-9-18-15(13-16)8-11-20(18)25/h7,9-10,12-13,26H,3-6,8,11,14H2,1-2H3. The van der Waals surface area contributed by atoms with Gasteiger partial charge in [0.15, 0.2) is 23.1 Å². The molecule has 1 N–H and O–H groups in total. The second-order valence-corrected chi connectivity index (χ2v) is 6.95. The zero-order valence-corrected chi connectivity index (χ0v) is 16.4.